The van der Waals surface area contributed by atoms with Crippen LogP contribution in [0.3, 0.4) is 0 Å². The molecule has 1 aliphatic rings. The summed E-state index contributed by atoms with van der Waals surface area (Å²) in [5.41, 5.74) is 4.68. The average molecular weight is 472 g/mol. The molecule has 0 spiro atoms. The predicted molar refractivity (Wildman–Crippen MR) is 133 cm³/mol. The number of hydrogen-bond acceptors (Lipinski definition) is 5. The van der Waals surface area contributed by atoms with Crippen molar-refractivity contribution in [2.24, 2.45) is 0 Å². The van der Waals surface area contributed by atoms with E-state index in [-0.39, 0.29) is 0 Å². The van der Waals surface area contributed by atoms with Gasteiger partial charge >= 0.3 is 11.9 Å². The van der Waals surface area contributed by atoms with Gasteiger partial charge in [-0.25, -0.2) is 9.59 Å². The number of hydrogen-bond donors (Lipinski definition) is 4. The quantitative estimate of drug-likeness (QED) is 0.404. The highest BCUT2D eigenvalue weighted by atomic mass is 16.4. The molecule has 0 radical (unpaired) electrons. The molecule has 0 amide bonds. The molecule has 0 unspecified atom stereocenters. The summed E-state index contributed by atoms with van der Waals surface area (Å²) in [6, 6.07) is 32.6. The van der Waals surface area contributed by atoms with Gasteiger partial charge in [0, 0.05) is 31.1 Å². The first-order chi connectivity index (χ1) is 17.0. The Kier molecular flexibility index (Phi) is 9.55. The minimum atomic E-state index is -1.82. The molecule has 1 fully saturated rings. The highest BCUT2D eigenvalue weighted by molar-refractivity contribution is 6.27. The van der Waals surface area contributed by atoms with Crippen molar-refractivity contribution in [3.63, 3.8) is 0 Å². The number of nitrogens with zero attached hydrogens (tertiary/aromatic N) is 1. The lowest BCUT2D eigenvalue weighted by atomic mass is 9.81. The first kappa shape index (κ1) is 25.6. The van der Waals surface area contributed by atoms with Gasteiger partial charge in [-0.3, -0.25) is 0 Å². The van der Waals surface area contributed by atoms with Crippen LogP contribution in [0.25, 0.3) is 0 Å². The fourth-order valence-electron chi connectivity index (χ4n) is 4.27. The number of benzene rings is 3. The van der Waals surface area contributed by atoms with E-state index >= 15 is 0 Å². The molecule has 0 aromatic heterocycles. The topological polar surface area (TPSA) is 122 Å². The number of carboxylic acid groups (broad SMARTS) is 2. The second-order valence-corrected chi connectivity index (χ2v) is 8.39. The van der Waals surface area contributed by atoms with Crippen LogP contribution in [0.5, 0.6) is 0 Å². The molecule has 4 rings (SSSR count). The largest absolute Gasteiger partial charge is 0.473 e. The standard InChI is InChI=1S/C26H27N3.C2H2O4/c27-17-20-11-13-21(14-12-20)18-28-24-15-16-25(29-19-24)26(22-7-3-1-4-8-22)23-9-5-2-6-10-23;3-1(4)2(5)6/h1-14,24-26,28-29H,15-16,18-19H2;(H,3,4)(H,5,6)/t24-,25-;/m0./s1. The molecule has 2 atom stereocenters. The summed E-state index contributed by atoms with van der Waals surface area (Å²) in [7, 11) is 0. The van der Waals surface area contributed by atoms with Gasteiger partial charge in [0.15, 0.2) is 0 Å². The number of nitrogens with one attached hydrogen (secondary N) is 2. The normalized spacial score (nSPS) is 17.0. The Bertz CT molecular complexity index is 1070. The van der Waals surface area contributed by atoms with E-state index in [1.54, 1.807) is 0 Å². The maximum Gasteiger partial charge on any atom is 0.414 e. The number of carboxylic acids is 2. The third-order valence-electron chi connectivity index (χ3n) is 6.03. The van der Waals surface area contributed by atoms with Gasteiger partial charge in [-0.2, -0.15) is 5.26 Å². The Balaban J connectivity index is 0.000000509. The monoisotopic (exact) mass is 471 g/mol. The number of carbonyl (C=O) groups is 2. The summed E-state index contributed by atoms with van der Waals surface area (Å²) >= 11 is 0. The van der Waals surface area contributed by atoms with Gasteiger partial charge in [-0.1, -0.05) is 72.8 Å². The number of nitriles is 1. The molecule has 3 aromatic rings. The van der Waals surface area contributed by atoms with Crippen LogP contribution < -0.4 is 10.6 Å². The molecule has 0 saturated carbocycles. The Morgan fingerprint density at radius 3 is 1.86 bits per heavy atom. The zero-order valence-electron chi connectivity index (χ0n) is 19.3. The second kappa shape index (κ2) is 13.0. The molecule has 7 heteroatoms. The highest BCUT2D eigenvalue weighted by Crippen LogP contribution is 2.31. The minimum Gasteiger partial charge on any atom is -0.473 e. The molecular formula is C28H29N3O4. The number of aliphatic carboxylic acids is 2. The maximum atomic E-state index is 9.10. The number of piperidine rings is 1. The summed E-state index contributed by atoms with van der Waals surface area (Å²) in [5.74, 6) is -3.28. The van der Waals surface area contributed by atoms with E-state index in [0.717, 1.165) is 25.9 Å². The maximum absolute atomic E-state index is 9.10. The molecule has 1 aliphatic heterocycles. The molecule has 4 N–H and O–H groups in total. The lowest BCUT2D eigenvalue weighted by Gasteiger charge is -2.36. The Labute approximate surface area is 205 Å². The van der Waals surface area contributed by atoms with Crippen molar-refractivity contribution in [1.82, 2.24) is 10.6 Å². The molecule has 7 nitrogen and oxygen atoms in total. The van der Waals surface area contributed by atoms with Crippen LogP contribution in [0.2, 0.25) is 0 Å². The minimum absolute atomic E-state index is 0.372. The van der Waals surface area contributed by atoms with Gasteiger partial charge in [0.2, 0.25) is 0 Å². The lowest BCUT2D eigenvalue weighted by Crippen LogP contribution is -2.49. The van der Waals surface area contributed by atoms with Crippen LogP contribution in [0.1, 0.15) is 41.0 Å². The molecule has 0 aliphatic carbocycles. The average Bonchev–Trinajstić information content (AvgIpc) is 2.90. The predicted octanol–water partition coefficient (Wildman–Crippen LogP) is 3.76. The van der Waals surface area contributed by atoms with Crippen molar-refractivity contribution in [2.75, 3.05) is 6.54 Å². The van der Waals surface area contributed by atoms with Gasteiger partial charge in [0.1, 0.15) is 0 Å². The SMILES string of the molecule is N#Cc1ccc(CN[C@H]2CC[C@@H](C(c3ccccc3)c3ccccc3)NC2)cc1.O=C(O)C(=O)O. The molecule has 3 aromatic carbocycles. The summed E-state index contributed by atoms with van der Waals surface area (Å²) in [4.78, 5) is 18.2. The van der Waals surface area contributed by atoms with Crippen LogP contribution >= 0.6 is 0 Å². The van der Waals surface area contributed by atoms with Crippen molar-refractivity contribution >= 4 is 11.9 Å². The van der Waals surface area contributed by atoms with E-state index in [1.807, 2.05) is 24.3 Å². The highest BCUT2D eigenvalue weighted by Gasteiger charge is 2.29. The summed E-state index contributed by atoms with van der Waals surface area (Å²) in [6.07, 6.45) is 2.30. The second-order valence-electron chi connectivity index (χ2n) is 8.39. The molecule has 1 heterocycles. The van der Waals surface area contributed by atoms with Gasteiger partial charge in [0.05, 0.1) is 11.6 Å². The fourth-order valence-corrected chi connectivity index (χ4v) is 4.27. The Hall–Kier alpha value is -3.99. The molecule has 35 heavy (non-hydrogen) atoms. The van der Waals surface area contributed by atoms with Crippen molar-refractivity contribution in [1.29, 1.82) is 5.26 Å². The zero-order chi connectivity index (χ0) is 25.0. The van der Waals surface area contributed by atoms with Crippen molar-refractivity contribution < 1.29 is 19.8 Å². The fraction of sp³-hybridized carbons (Fsp3) is 0.250. The third kappa shape index (κ3) is 7.78. The van der Waals surface area contributed by atoms with Crippen molar-refractivity contribution in [3.05, 3.63) is 107 Å². The number of rotatable bonds is 6. The van der Waals surface area contributed by atoms with Crippen LogP contribution in [-0.4, -0.2) is 40.8 Å². The van der Waals surface area contributed by atoms with E-state index < -0.39 is 11.9 Å². The van der Waals surface area contributed by atoms with Gasteiger partial charge < -0.3 is 20.8 Å². The van der Waals surface area contributed by atoms with E-state index in [0.29, 0.717) is 23.6 Å². The summed E-state index contributed by atoms with van der Waals surface area (Å²) in [5, 5.41) is 31.2. The lowest BCUT2D eigenvalue weighted by molar-refractivity contribution is -0.159. The van der Waals surface area contributed by atoms with Crippen LogP contribution in [0.4, 0.5) is 0 Å². The summed E-state index contributed by atoms with van der Waals surface area (Å²) < 4.78 is 0. The van der Waals surface area contributed by atoms with Crippen LogP contribution in [0, 0.1) is 11.3 Å². The summed E-state index contributed by atoms with van der Waals surface area (Å²) in [6.45, 7) is 1.81. The molecule has 0 bridgehead atoms. The Morgan fingerprint density at radius 2 is 1.43 bits per heavy atom. The van der Waals surface area contributed by atoms with Crippen molar-refractivity contribution in [2.45, 2.75) is 37.4 Å². The molecule has 1 saturated heterocycles. The third-order valence-corrected chi connectivity index (χ3v) is 6.03. The van der Waals surface area contributed by atoms with Gasteiger partial charge in [-0.05, 0) is 41.7 Å². The first-order valence-electron chi connectivity index (χ1n) is 11.5. The molecular weight excluding hydrogens is 442 g/mol. The van der Waals surface area contributed by atoms with E-state index in [4.69, 9.17) is 25.1 Å². The molecule has 180 valence electrons. The van der Waals surface area contributed by atoms with E-state index in [1.165, 1.54) is 16.7 Å². The van der Waals surface area contributed by atoms with Crippen LogP contribution in [0.15, 0.2) is 84.9 Å². The Morgan fingerprint density at radius 1 is 0.886 bits per heavy atom. The first-order valence-corrected chi connectivity index (χ1v) is 11.5. The van der Waals surface area contributed by atoms with Gasteiger partial charge in [0.25, 0.3) is 0 Å². The smallest absolute Gasteiger partial charge is 0.414 e. The zero-order valence-corrected chi connectivity index (χ0v) is 19.3. The van der Waals surface area contributed by atoms with E-state index in [9.17, 15) is 0 Å². The van der Waals surface area contributed by atoms with Gasteiger partial charge in [-0.15, -0.1) is 0 Å². The van der Waals surface area contributed by atoms with E-state index in [2.05, 4.69) is 77.4 Å². The van der Waals surface area contributed by atoms with Crippen molar-refractivity contribution in [3.8, 4) is 6.07 Å². The van der Waals surface area contributed by atoms with Crippen LogP contribution in [-0.2, 0) is 16.1 Å².